The molecule has 0 saturated carbocycles. The average molecular weight is 223 g/mol. The molecule has 0 aliphatic rings. The van der Waals surface area contributed by atoms with E-state index in [0.29, 0.717) is 17.3 Å². The van der Waals surface area contributed by atoms with Crippen LogP contribution in [0.1, 0.15) is 5.69 Å². The smallest absolute Gasteiger partial charge is 0.139 e. The Hall–Kier alpha value is -1.32. The molecule has 1 aromatic heterocycles. The lowest BCUT2D eigenvalue weighted by atomic mass is 10.2. The van der Waals surface area contributed by atoms with Crippen molar-refractivity contribution in [2.24, 2.45) is 5.73 Å². The van der Waals surface area contributed by atoms with Gasteiger partial charge in [0, 0.05) is 18.0 Å². The molecule has 0 radical (unpaired) electrons. The fourth-order valence-electron chi connectivity index (χ4n) is 1.44. The number of methoxy groups -OCH3 is 1. The summed E-state index contributed by atoms with van der Waals surface area (Å²) in [6, 6.07) is 7.50. The standard InChI is InChI=1S/C11H11ClN2O/c1-15-11-5-10-7(4-9(11)12)2-3-8(6-13)14-10/h2-5H,6,13H2,1H3. The summed E-state index contributed by atoms with van der Waals surface area (Å²) >= 11 is 6.00. The largest absolute Gasteiger partial charge is 0.495 e. The molecule has 3 nitrogen and oxygen atoms in total. The van der Waals surface area contributed by atoms with Gasteiger partial charge in [-0.3, -0.25) is 4.98 Å². The SMILES string of the molecule is COc1cc2nc(CN)ccc2cc1Cl. The monoisotopic (exact) mass is 222 g/mol. The van der Waals surface area contributed by atoms with Gasteiger partial charge in [0.15, 0.2) is 0 Å². The third-order valence-electron chi connectivity index (χ3n) is 2.23. The maximum atomic E-state index is 6.00. The predicted molar refractivity (Wildman–Crippen MR) is 61.2 cm³/mol. The first-order valence-electron chi connectivity index (χ1n) is 4.58. The molecule has 2 aromatic rings. The Bertz CT molecular complexity index is 499. The molecule has 15 heavy (non-hydrogen) atoms. The van der Waals surface area contributed by atoms with Gasteiger partial charge >= 0.3 is 0 Å². The molecule has 1 heterocycles. The van der Waals surface area contributed by atoms with Gasteiger partial charge in [-0.05, 0) is 12.1 Å². The van der Waals surface area contributed by atoms with E-state index in [1.807, 2.05) is 24.3 Å². The number of rotatable bonds is 2. The molecule has 0 bridgehead atoms. The Labute approximate surface area is 92.8 Å². The third kappa shape index (κ3) is 1.89. The fraction of sp³-hybridized carbons (Fsp3) is 0.182. The zero-order valence-electron chi connectivity index (χ0n) is 8.33. The van der Waals surface area contributed by atoms with Crippen molar-refractivity contribution < 1.29 is 4.74 Å². The first kappa shape index (κ1) is 10.2. The number of nitrogens with zero attached hydrogens (tertiary/aromatic N) is 1. The topological polar surface area (TPSA) is 48.1 Å². The van der Waals surface area contributed by atoms with Gasteiger partial charge in [-0.15, -0.1) is 0 Å². The maximum Gasteiger partial charge on any atom is 0.139 e. The van der Waals surface area contributed by atoms with Crippen molar-refractivity contribution >= 4 is 22.5 Å². The highest BCUT2D eigenvalue weighted by atomic mass is 35.5. The van der Waals surface area contributed by atoms with Crippen LogP contribution in [-0.2, 0) is 6.54 Å². The van der Waals surface area contributed by atoms with Crippen LogP contribution < -0.4 is 10.5 Å². The highest BCUT2D eigenvalue weighted by Crippen LogP contribution is 2.28. The molecule has 0 fully saturated rings. The van der Waals surface area contributed by atoms with E-state index in [1.54, 1.807) is 7.11 Å². The van der Waals surface area contributed by atoms with Crippen molar-refractivity contribution in [3.8, 4) is 5.75 Å². The van der Waals surface area contributed by atoms with Crippen LogP contribution in [0.15, 0.2) is 24.3 Å². The Morgan fingerprint density at radius 2 is 2.20 bits per heavy atom. The summed E-state index contributed by atoms with van der Waals surface area (Å²) in [5.41, 5.74) is 7.22. The minimum atomic E-state index is 0.431. The molecule has 0 saturated heterocycles. The lowest BCUT2D eigenvalue weighted by Crippen LogP contribution is -1.99. The molecular formula is C11H11ClN2O. The summed E-state index contributed by atoms with van der Waals surface area (Å²) in [4.78, 5) is 4.38. The van der Waals surface area contributed by atoms with E-state index in [9.17, 15) is 0 Å². The van der Waals surface area contributed by atoms with Crippen molar-refractivity contribution in [2.75, 3.05) is 7.11 Å². The molecule has 78 valence electrons. The van der Waals surface area contributed by atoms with E-state index in [2.05, 4.69) is 4.98 Å². The second kappa shape index (κ2) is 4.04. The highest BCUT2D eigenvalue weighted by molar-refractivity contribution is 6.32. The minimum Gasteiger partial charge on any atom is -0.495 e. The van der Waals surface area contributed by atoms with Gasteiger partial charge in [-0.2, -0.15) is 0 Å². The van der Waals surface area contributed by atoms with Crippen molar-refractivity contribution in [3.05, 3.63) is 35.0 Å². The van der Waals surface area contributed by atoms with Gasteiger partial charge in [-0.1, -0.05) is 17.7 Å². The summed E-state index contributed by atoms with van der Waals surface area (Å²) in [6.45, 7) is 0.431. The van der Waals surface area contributed by atoms with Gasteiger partial charge in [0.05, 0.1) is 23.3 Å². The Kier molecular flexibility index (Phi) is 2.75. The number of ether oxygens (including phenoxy) is 1. The van der Waals surface area contributed by atoms with E-state index in [1.165, 1.54) is 0 Å². The van der Waals surface area contributed by atoms with Crippen LogP contribution in [0.4, 0.5) is 0 Å². The number of hydrogen-bond acceptors (Lipinski definition) is 3. The number of benzene rings is 1. The Morgan fingerprint density at radius 3 is 2.87 bits per heavy atom. The van der Waals surface area contributed by atoms with Crippen LogP contribution in [0.25, 0.3) is 10.9 Å². The van der Waals surface area contributed by atoms with Crippen LogP contribution in [0.3, 0.4) is 0 Å². The molecule has 0 atom stereocenters. The first-order chi connectivity index (χ1) is 7.24. The number of pyridine rings is 1. The van der Waals surface area contributed by atoms with Crippen molar-refractivity contribution in [1.82, 2.24) is 4.98 Å². The summed E-state index contributed by atoms with van der Waals surface area (Å²) in [5.74, 6) is 0.630. The van der Waals surface area contributed by atoms with Gasteiger partial charge < -0.3 is 10.5 Å². The van der Waals surface area contributed by atoms with Crippen molar-refractivity contribution in [3.63, 3.8) is 0 Å². The van der Waals surface area contributed by atoms with E-state index < -0.39 is 0 Å². The molecule has 4 heteroatoms. The molecule has 2 rings (SSSR count). The Morgan fingerprint density at radius 1 is 1.40 bits per heavy atom. The van der Waals surface area contributed by atoms with Gasteiger partial charge in [0.1, 0.15) is 5.75 Å². The van der Waals surface area contributed by atoms with Crippen LogP contribution >= 0.6 is 11.6 Å². The van der Waals surface area contributed by atoms with Crippen LogP contribution in [0.5, 0.6) is 5.75 Å². The summed E-state index contributed by atoms with van der Waals surface area (Å²) in [6.07, 6.45) is 0. The van der Waals surface area contributed by atoms with Crippen molar-refractivity contribution in [2.45, 2.75) is 6.54 Å². The maximum absolute atomic E-state index is 6.00. The zero-order valence-corrected chi connectivity index (χ0v) is 9.08. The summed E-state index contributed by atoms with van der Waals surface area (Å²) in [5, 5.41) is 1.57. The van der Waals surface area contributed by atoms with Crippen LogP contribution in [0.2, 0.25) is 5.02 Å². The minimum absolute atomic E-state index is 0.431. The quantitative estimate of drug-likeness (QED) is 0.849. The van der Waals surface area contributed by atoms with Gasteiger partial charge in [0.25, 0.3) is 0 Å². The summed E-state index contributed by atoms with van der Waals surface area (Å²) < 4.78 is 5.12. The Balaban J connectivity index is 2.66. The second-order valence-electron chi connectivity index (χ2n) is 3.19. The number of hydrogen-bond donors (Lipinski definition) is 1. The lowest BCUT2D eigenvalue weighted by Gasteiger charge is -2.05. The fourth-order valence-corrected chi connectivity index (χ4v) is 1.69. The molecule has 1 aromatic carbocycles. The molecule has 0 spiro atoms. The second-order valence-corrected chi connectivity index (χ2v) is 3.59. The molecule has 0 unspecified atom stereocenters. The van der Waals surface area contributed by atoms with Crippen LogP contribution in [-0.4, -0.2) is 12.1 Å². The predicted octanol–water partition coefficient (Wildman–Crippen LogP) is 2.36. The van der Waals surface area contributed by atoms with E-state index in [4.69, 9.17) is 22.1 Å². The van der Waals surface area contributed by atoms with Gasteiger partial charge in [0.2, 0.25) is 0 Å². The number of fused-ring (bicyclic) bond motifs is 1. The molecule has 0 aliphatic carbocycles. The molecule has 2 N–H and O–H groups in total. The zero-order chi connectivity index (χ0) is 10.8. The lowest BCUT2D eigenvalue weighted by molar-refractivity contribution is 0.415. The van der Waals surface area contributed by atoms with E-state index >= 15 is 0 Å². The van der Waals surface area contributed by atoms with Crippen molar-refractivity contribution in [1.29, 1.82) is 0 Å². The number of aromatic nitrogens is 1. The average Bonchev–Trinajstić information content (AvgIpc) is 2.27. The van der Waals surface area contributed by atoms with E-state index in [-0.39, 0.29) is 0 Å². The molecule has 0 amide bonds. The summed E-state index contributed by atoms with van der Waals surface area (Å²) in [7, 11) is 1.58. The third-order valence-corrected chi connectivity index (χ3v) is 2.52. The van der Waals surface area contributed by atoms with E-state index in [0.717, 1.165) is 16.6 Å². The first-order valence-corrected chi connectivity index (χ1v) is 4.95. The molecular weight excluding hydrogens is 212 g/mol. The number of nitrogens with two attached hydrogens (primary N) is 1. The van der Waals surface area contributed by atoms with Gasteiger partial charge in [-0.25, -0.2) is 0 Å². The molecule has 0 aliphatic heterocycles. The highest BCUT2D eigenvalue weighted by Gasteiger charge is 2.04. The normalized spacial score (nSPS) is 10.6. The number of halogens is 1. The van der Waals surface area contributed by atoms with Crippen LogP contribution in [0, 0.1) is 0 Å².